The monoisotopic (exact) mass is 230 g/mol. The first-order valence-corrected chi connectivity index (χ1v) is 5.97. The Morgan fingerprint density at radius 1 is 1.18 bits per heavy atom. The first-order valence-electron chi connectivity index (χ1n) is 5.97. The maximum absolute atomic E-state index is 9.96. The van der Waals surface area contributed by atoms with Gasteiger partial charge in [0.2, 0.25) is 0 Å². The molecule has 90 valence electrons. The lowest BCUT2D eigenvalue weighted by Gasteiger charge is -2.15. The fourth-order valence-corrected chi connectivity index (χ4v) is 2.17. The highest BCUT2D eigenvalue weighted by atomic mass is 16.3. The summed E-state index contributed by atoms with van der Waals surface area (Å²) in [4.78, 5) is 0. The van der Waals surface area contributed by atoms with Gasteiger partial charge in [0.1, 0.15) is 17.3 Å². The van der Waals surface area contributed by atoms with Crippen molar-refractivity contribution in [2.24, 2.45) is 0 Å². The van der Waals surface area contributed by atoms with Gasteiger partial charge in [0.15, 0.2) is 0 Å². The summed E-state index contributed by atoms with van der Waals surface area (Å²) in [6.07, 6.45) is 0.907. The van der Waals surface area contributed by atoms with Crippen molar-refractivity contribution in [1.82, 2.24) is 0 Å². The Hall–Kier alpha value is -1.70. The van der Waals surface area contributed by atoms with Crippen LogP contribution in [-0.2, 0) is 0 Å². The van der Waals surface area contributed by atoms with Crippen LogP contribution in [-0.4, -0.2) is 5.11 Å². The SMILES string of the molecule is CCC(c1ccc(C)o1)c1cc(C)ccc1O. The number of benzene rings is 1. The summed E-state index contributed by atoms with van der Waals surface area (Å²) in [7, 11) is 0. The van der Waals surface area contributed by atoms with Crippen LogP contribution in [0.25, 0.3) is 0 Å². The van der Waals surface area contributed by atoms with Crippen molar-refractivity contribution in [1.29, 1.82) is 0 Å². The quantitative estimate of drug-likeness (QED) is 0.859. The van der Waals surface area contributed by atoms with Crippen LogP contribution in [0.1, 0.15) is 41.9 Å². The third-order valence-corrected chi connectivity index (χ3v) is 3.07. The molecule has 1 aromatic carbocycles. The Morgan fingerprint density at radius 2 is 1.94 bits per heavy atom. The minimum Gasteiger partial charge on any atom is -0.508 e. The molecule has 0 aliphatic rings. The van der Waals surface area contributed by atoms with Gasteiger partial charge in [-0.3, -0.25) is 0 Å². The molecule has 0 aliphatic heterocycles. The Bertz CT molecular complexity index is 511. The number of phenols is 1. The van der Waals surface area contributed by atoms with Gasteiger partial charge >= 0.3 is 0 Å². The first-order chi connectivity index (χ1) is 8.11. The van der Waals surface area contributed by atoms with Gasteiger partial charge in [-0.05, 0) is 38.5 Å². The van der Waals surface area contributed by atoms with Gasteiger partial charge in [-0.25, -0.2) is 0 Å². The second kappa shape index (κ2) is 4.66. The van der Waals surface area contributed by atoms with Crippen LogP contribution in [0.3, 0.4) is 0 Å². The molecule has 1 heterocycles. The molecule has 0 bridgehead atoms. The molecule has 2 nitrogen and oxygen atoms in total. The molecular formula is C15H18O2. The van der Waals surface area contributed by atoms with Crippen LogP contribution < -0.4 is 0 Å². The predicted molar refractivity (Wildman–Crippen MR) is 68.4 cm³/mol. The average molecular weight is 230 g/mol. The lowest BCUT2D eigenvalue weighted by Crippen LogP contribution is -1.99. The van der Waals surface area contributed by atoms with Crippen molar-refractivity contribution in [3.63, 3.8) is 0 Å². The third-order valence-electron chi connectivity index (χ3n) is 3.07. The predicted octanol–water partition coefficient (Wildman–Crippen LogP) is 4.14. The fraction of sp³-hybridized carbons (Fsp3) is 0.333. The maximum Gasteiger partial charge on any atom is 0.119 e. The molecule has 0 amide bonds. The highest BCUT2D eigenvalue weighted by Gasteiger charge is 2.18. The van der Waals surface area contributed by atoms with E-state index >= 15 is 0 Å². The average Bonchev–Trinajstić information content (AvgIpc) is 2.71. The fourth-order valence-electron chi connectivity index (χ4n) is 2.17. The Kier molecular flexibility index (Phi) is 3.23. The highest BCUT2D eigenvalue weighted by molar-refractivity contribution is 5.41. The van der Waals surface area contributed by atoms with Gasteiger partial charge in [-0.1, -0.05) is 24.6 Å². The van der Waals surface area contributed by atoms with E-state index in [4.69, 9.17) is 4.42 Å². The summed E-state index contributed by atoms with van der Waals surface area (Å²) in [6, 6.07) is 9.65. The van der Waals surface area contributed by atoms with Crippen molar-refractivity contribution in [2.75, 3.05) is 0 Å². The Balaban J connectivity index is 2.45. The van der Waals surface area contributed by atoms with E-state index in [-0.39, 0.29) is 5.92 Å². The van der Waals surface area contributed by atoms with Crippen molar-refractivity contribution < 1.29 is 9.52 Å². The minimum atomic E-state index is 0.128. The normalized spacial score (nSPS) is 12.6. The van der Waals surface area contributed by atoms with Crippen molar-refractivity contribution in [3.8, 4) is 5.75 Å². The van der Waals surface area contributed by atoms with Crippen molar-refractivity contribution >= 4 is 0 Å². The van der Waals surface area contributed by atoms with Crippen LogP contribution in [0.4, 0.5) is 0 Å². The molecule has 1 aromatic heterocycles. The summed E-state index contributed by atoms with van der Waals surface area (Å²) in [6.45, 7) is 6.07. The number of rotatable bonds is 3. The number of aryl methyl sites for hydroxylation is 2. The van der Waals surface area contributed by atoms with E-state index in [0.29, 0.717) is 5.75 Å². The smallest absolute Gasteiger partial charge is 0.119 e. The molecule has 17 heavy (non-hydrogen) atoms. The first kappa shape index (κ1) is 11.8. The molecule has 0 aliphatic carbocycles. The van der Waals surface area contributed by atoms with E-state index in [0.717, 1.165) is 29.1 Å². The zero-order chi connectivity index (χ0) is 12.4. The van der Waals surface area contributed by atoms with Crippen molar-refractivity contribution in [2.45, 2.75) is 33.1 Å². The molecule has 0 fully saturated rings. The van der Waals surface area contributed by atoms with Crippen LogP contribution in [0.5, 0.6) is 5.75 Å². The van der Waals surface area contributed by atoms with E-state index in [1.54, 1.807) is 6.07 Å². The Morgan fingerprint density at radius 3 is 2.53 bits per heavy atom. The second-order valence-corrected chi connectivity index (χ2v) is 4.47. The van der Waals surface area contributed by atoms with Gasteiger partial charge in [0, 0.05) is 11.5 Å². The third kappa shape index (κ3) is 2.36. The largest absolute Gasteiger partial charge is 0.508 e. The van der Waals surface area contributed by atoms with Crippen LogP contribution >= 0.6 is 0 Å². The van der Waals surface area contributed by atoms with Gasteiger partial charge in [0.05, 0.1) is 0 Å². The van der Waals surface area contributed by atoms with Crippen LogP contribution in [0, 0.1) is 13.8 Å². The topological polar surface area (TPSA) is 33.4 Å². The summed E-state index contributed by atoms with van der Waals surface area (Å²) >= 11 is 0. The van der Waals surface area contributed by atoms with Gasteiger partial charge < -0.3 is 9.52 Å². The van der Waals surface area contributed by atoms with Crippen molar-refractivity contribution in [3.05, 3.63) is 53.0 Å². The molecule has 0 spiro atoms. The molecule has 1 N–H and O–H groups in total. The van der Waals surface area contributed by atoms with E-state index in [9.17, 15) is 5.11 Å². The molecule has 2 aromatic rings. The van der Waals surface area contributed by atoms with Gasteiger partial charge in [-0.15, -0.1) is 0 Å². The Labute approximate surface area is 102 Å². The maximum atomic E-state index is 9.96. The summed E-state index contributed by atoms with van der Waals surface area (Å²) in [5, 5.41) is 9.96. The van der Waals surface area contributed by atoms with Gasteiger partial charge in [0.25, 0.3) is 0 Å². The number of hydrogen-bond acceptors (Lipinski definition) is 2. The lowest BCUT2D eigenvalue weighted by molar-refractivity contribution is 0.435. The molecule has 1 atom stereocenters. The minimum absolute atomic E-state index is 0.128. The second-order valence-electron chi connectivity index (χ2n) is 4.47. The lowest BCUT2D eigenvalue weighted by atomic mass is 9.92. The zero-order valence-corrected chi connectivity index (χ0v) is 10.5. The van der Waals surface area contributed by atoms with E-state index in [1.807, 2.05) is 38.1 Å². The van der Waals surface area contributed by atoms with E-state index < -0.39 is 0 Å². The molecule has 0 radical (unpaired) electrons. The standard InChI is InChI=1S/C15H18O2/c1-4-12(15-8-6-11(3)17-15)13-9-10(2)5-7-14(13)16/h5-9,12,16H,4H2,1-3H3. The number of aromatic hydroxyl groups is 1. The number of hydrogen-bond donors (Lipinski definition) is 1. The molecule has 2 heteroatoms. The zero-order valence-electron chi connectivity index (χ0n) is 10.5. The summed E-state index contributed by atoms with van der Waals surface area (Å²) in [5.74, 6) is 2.30. The van der Waals surface area contributed by atoms with Crippen LogP contribution in [0.15, 0.2) is 34.7 Å². The molecule has 0 saturated carbocycles. The molecular weight excluding hydrogens is 212 g/mol. The number of phenolic OH excluding ortho intramolecular Hbond substituents is 1. The molecule has 2 rings (SSSR count). The molecule has 1 unspecified atom stereocenters. The van der Waals surface area contributed by atoms with E-state index in [2.05, 4.69) is 6.92 Å². The highest BCUT2D eigenvalue weighted by Crippen LogP contribution is 2.35. The number of furan rings is 1. The summed E-state index contributed by atoms with van der Waals surface area (Å²) in [5.41, 5.74) is 2.10. The summed E-state index contributed by atoms with van der Waals surface area (Å²) < 4.78 is 5.67. The van der Waals surface area contributed by atoms with Gasteiger partial charge in [-0.2, -0.15) is 0 Å². The van der Waals surface area contributed by atoms with E-state index in [1.165, 1.54) is 0 Å². The van der Waals surface area contributed by atoms with Crippen LogP contribution in [0.2, 0.25) is 0 Å². The molecule has 0 saturated heterocycles.